The Morgan fingerprint density at radius 3 is 2.50 bits per heavy atom. The third-order valence-corrected chi connectivity index (χ3v) is 4.67. The molecule has 0 bridgehead atoms. The molecule has 0 unspecified atom stereocenters. The van der Waals surface area contributed by atoms with E-state index in [1.165, 1.54) is 0 Å². The second kappa shape index (κ2) is 6.31. The number of H-pyrrole nitrogens is 2. The zero-order valence-electron chi connectivity index (χ0n) is 14.9. The van der Waals surface area contributed by atoms with E-state index in [0.717, 1.165) is 39.3 Å². The standard InChI is InChI=1S/C21H17N7/c22-20(23)13-6-7-15-16(8-13)26-18(25-15)10-19-27-17-9-14(11-24-21(17)28-19)12-4-2-1-3-5-12/h1-9,11H,10H2,(H3,22,23)(H,25,26)(H,24,27,28). The molecule has 0 aliphatic carbocycles. The summed E-state index contributed by atoms with van der Waals surface area (Å²) in [7, 11) is 0. The molecule has 0 atom stereocenters. The maximum atomic E-state index is 7.56. The van der Waals surface area contributed by atoms with Crippen molar-refractivity contribution in [3.05, 3.63) is 78.0 Å². The number of nitrogens with zero attached hydrogens (tertiary/aromatic N) is 3. The number of aromatic amines is 2. The lowest BCUT2D eigenvalue weighted by Gasteiger charge is -1.99. The van der Waals surface area contributed by atoms with Gasteiger partial charge in [-0.1, -0.05) is 30.3 Å². The van der Waals surface area contributed by atoms with E-state index >= 15 is 0 Å². The van der Waals surface area contributed by atoms with Crippen molar-refractivity contribution in [3.63, 3.8) is 0 Å². The van der Waals surface area contributed by atoms with Gasteiger partial charge in [0, 0.05) is 17.3 Å². The second-order valence-corrected chi connectivity index (χ2v) is 6.65. The van der Waals surface area contributed by atoms with Crippen molar-refractivity contribution >= 4 is 28.0 Å². The molecule has 7 heteroatoms. The van der Waals surface area contributed by atoms with Crippen molar-refractivity contribution in [2.45, 2.75) is 6.42 Å². The van der Waals surface area contributed by atoms with Crippen molar-refractivity contribution in [2.24, 2.45) is 5.73 Å². The number of hydrogen-bond acceptors (Lipinski definition) is 4. The summed E-state index contributed by atoms with van der Waals surface area (Å²) in [6.07, 6.45) is 2.37. The highest BCUT2D eigenvalue weighted by atomic mass is 15.0. The number of rotatable bonds is 4. The highest BCUT2D eigenvalue weighted by Gasteiger charge is 2.10. The lowest BCUT2D eigenvalue weighted by atomic mass is 10.1. The van der Waals surface area contributed by atoms with Crippen LogP contribution in [0.3, 0.4) is 0 Å². The highest BCUT2D eigenvalue weighted by molar-refractivity contribution is 5.97. The SMILES string of the molecule is N=C(N)c1ccc2nc(Cc3nc4ncc(-c5ccccc5)cc4[nH]3)[nH]c2c1. The topological polar surface area (TPSA) is 120 Å². The maximum Gasteiger partial charge on any atom is 0.177 e. The van der Waals surface area contributed by atoms with Crippen molar-refractivity contribution < 1.29 is 0 Å². The number of benzene rings is 2. The first kappa shape index (κ1) is 16.2. The van der Waals surface area contributed by atoms with Crippen LogP contribution >= 0.6 is 0 Å². The fourth-order valence-corrected chi connectivity index (χ4v) is 3.29. The Balaban J connectivity index is 1.46. The average Bonchev–Trinajstić information content (AvgIpc) is 3.30. The molecule has 28 heavy (non-hydrogen) atoms. The molecule has 0 saturated carbocycles. The summed E-state index contributed by atoms with van der Waals surface area (Å²) in [6, 6.07) is 17.7. The summed E-state index contributed by atoms with van der Waals surface area (Å²) in [5, 5.41) is 7.56. The molecular formula is C21H17N7. The summed E-state index contributed by atoms with van der Waals surface area (Å²) in [5.41, 5.74) is 11.7. The van der Waals surface area contributed by atoms with Crippen molar-refractivity contribution in [3.8, 4) is 11.1 Å². The minimum atomic E-state index is 0.0376. The zero-order chi connectivity index (χ0) is 19.1. The number of hydrogen-bond donors (Lipinski definition) is 4. The molecule has 2 aromatic carbocycles. The Kier molecular flexibility index (Phi) is 3.65. The Morgan fingerprint density at radius 2 is 1.68 bits per heavy atom. The molecule has 0 aliphatic heterocycles. The second-order valence-electron chi connectivity index (χ2n) is 6.65. The number of nitrogen functional groups attached to an aromatic ring is 1. The number of nitrogens with one attached hydrogen (secondary N) is 3. The lowest BCUT2D eigenvalue weighted by Crippen LogP contribution is -2.10. The van der Waals surface area contributed by atoms with Gasteiger partial charge >= 0.3 is 0 Å². The van der Waals surface area contributed by atoms with Crippen molar-refractivity contribution in [2.75, 3.05) is 0 Å². The molecule has 3 heterocycles. The van der Waals surface area contributed by atoms with Gasteiger partial charge < -0.3 is 15.7 Å². The molecule has 136 valence electrons. The van der Waals surface area contributed by atoms with Gasteiger partial charge in [-0.05, 0) is 29.8 Å². The van der Waals surface area contributed by atoms with Gasteiger partial charge in [0.2, 0.25) is 0 Å². The van der Waals surface area contributed by atoms with Gasteiger partial charge in [0.15, 0.2) is 5.65 Å². The zero-order valence-corrected chi connectivity index (χ0v) is 14.9. The summed E-state index contributed by atoms with van der Waals surface area (Å²) in [5.74, 6) is 1.62. The Labute approximate surface area is 160 Å². The number of pyridine rings is 1. The molecule has 0 fully saturated rings. The van der Waals surface area contributed by atoms with E-state index < -0.39 is 0 Å². The molecule has 3 aromatic heterocycles. The lowest BCUT2D eigenvalue weighted by molar-refractivity contribution is 0.958. The monoisotopic (exact) mass is 367 g/mol. The molecule has 5 N–H and O–H groups in total. The summed E-state index contributed by atoms with van der Waals surface area (Å²) < 4.78 is 0. The van der Waals surface area contributed by atoms with Gasteiger partial charge in [0.25, 0.3) is 0 Å². The van der Waals surface area contributed by atoms with Crippen LogP contribution in [0.1, 0.15) is 17.2 Å². The average molecular weight is 367 g/mol. The van der Waals surface area contributed by atoms with Gasteiger partial charge in [-0.2, -0.15) is 0 Å². The first-order valence-electron chi connectivity index (χ1n) is 8.89. The molecule has 5 aromatic rings. The van der Waals surface area contributed by atoms with Crippen LogP contribution in [-0.4, -0.2) is 30.8 Å². The Bertz CT molecular complexity index is 1310. The van der Waals surface area contributed by atoms with Crippen LogP contribution in [0.15, 0.2) is 60.8 Å². The molecule has 0 amide bonds. The van der Waals surface area contributed by atoms with Crippen molar-refractivity contribution in [1.82, 2.24) is 24.9 Å². The Hall–Kier alpha value is -4.00. The minimum absolute atomic E-state index is 0.0376. The Morgan fingerprint density at radius 1 is 0.893 bits per heavy atom. The van der Waals surface area contributed by atoms with E-state index in [0.29, 0.717) is 17.6 Å². The van der Waals surface area contributed by atoms with E-state index in [2.05, 4.69) is 43.1 Å². The predicted molar refractivity (Wildman–Crippen MR) is 109 cm³/mol. The van der Waals surface area contributed by atoms with E-state index in [1.54, 1.807) is 6.07 Å². The molecular weight excluding hydrogens is 350 g/mol. The summed E-state index contributed by atoms with van der Waals surface area (Å²) in [4.78, 5) is 20.3. The van der Waals surface area contributed by atoms with Crippen LogP contribution in [0.25, 0.3) is 33.3 Å². The third-order valence-electron chi connectivity index (χ3n) is 4.67. The van der Waals surface area contributed by atoms with Gasteiger partial charge in [-0.25, -0.2) is 15.0 Å². The number of amidine groups is 1. The van der Waals surface area contributed by atoms with Crippen LogP contribution in [0.5, 0.6) is 0 Å². The summed E-state index contributed by atoms with van der Waals surface area (Å²) in [6.45, 7) is 0. The van der Waals surface area contributed by atoms with Gasteiger partial charge in [0.05, 0.1) is 23.0 Å². The molecule has 0 saturated heterocycles. The van der Waals surface area contributed by atoms with Crippen LogP contribution in [0.2, 0.25) is 0 Å². The molecule has 0 aliphatic rings. The van der Waals surface area contributed by atoms with E-state index in [-0.39, 0.29) is 5.84 Å². The van der Waals surface area contributed by atoms with E-state index in [9.17, 15) is 0 Å². The first-order valence-corrected chi connectivity index (χ1v) is 8.89. The fraction of sp³-hybridized carbons (Fsp3) is 0.0476. The van der Waals surface area contributed by atoms with Crippen LogP contribution in [-0.2, 0) is 6.42 Å². The van der Waals surface area contributed by atoms with E-state index in [1.807, 2.05) is 36.5 Å². The fourth-order valence-electron chi connectivity index (χ4n) is 3.29. The number of fused-ring (bicyclic) bond motifs is 2. The van der Waals surface area contributed by atoms with Crippen LogP contribution in [0.4, 0.5) is 0 Å². The molecule has 7 nitrogen and oxygen atoms in total. The third kappa shape index (κ3) is 2.88. The molecule has 5 rings (SSSR count). The van der Waals surface area contributed by atoms with Gasteiger partial charge in [-0.3, -0.25) is 5.41 Å². The van der Waals surface area contributed by atoms with Gasteiger partial charge in [-0.15, -0.1) is 0 Å². The maximum absolute atomic E-state index is 7.56. The molecule has 0 spiro atoms. The first-order chi connectivity index (χ1) is 13.7. The highest BCUT2D eigenvalue weighted by Crippen LogP contribution is 2.22. The normalized spacial score (nSPS) is 11.3. The quantitative estimate of drug-likeness (QED) is 0.287. The number of aromatic nitrogens is 5. The smallest absolute Gasteiger partial charge is 0.177 e. The predicted octanol–water partition coefficient (Wildman–Crippen LogP) is 3.38. The van der Waals surface area contributed by atoms with E-state index in [4.69, 9.17) is 11.1 Å². The number of imidazole rings is 2. The number of nitrogens with two attached hydrogens (primary N) is 1. The largest absolute Gasteiger partial charge is 0.384 e. The van der Waals surface area contributed by atoms with Crippen LogP contribution in [0, 0.1) is 5.41 Å². The van der Waals surface area contributed by atoms with Crippen LogP contribution < -0.4 is 5.73 Å². The molecule has 0 radical (unpaired) electrons. The van der Waals surface area contributed by atoms with Crippen molar-refractivity contribution in [1.29, 1.82) is 5.41 Å². The van der Waals surface area contributed by atoms with Gasteiger partial charge in [0.1, 0.15) is 17.5 Å². The summed E-state index contributed by atoms with van der Waals surface area (Å²) >= 11 is 0. The minimum Gasteiger partial charge on any atom is -0.384 e.